The lowest BCUT2D eigenvalue weighted by molar-refractivity contribution is 0.614. The second-order valence-corrected chi connectivity index (χ2v) is 6.55. The van der Waals surface area contributed by atoms with Gasteiger partial charge in [0.1, 0.15) is 0 Å². The van der Waals surface area contributed by atoms with Crippen molar-refractivity contribution < 1.29 is 0 Å². The monoisotopic (exact) mass is 404 g/mol. The molecule has 2 heteroatoms. The maximum absolute atomic E-state index is 2.62. The molecule has 1 saturated carbocycles. The lowest BCUT2D eigenvalue weighted by Gasteiger charge is -2.22. The maximum atomic E-state index is 2.62. The Labute approximate surface area is 109 Å². The minimum atomic E-state index is 0.843. The number of rotatable bonds is 3. The van der Waals surface area contributed by atoms with E-state index in [0.29, 0.717) is 0 Å². The van der Waals surface area contributed by atoms with E-state index in [1.165, 1.54) is 44.9 Å². The van der Waals surface area contributed by atoms with Gasteiger partial charge in [0.05, 0.1) is 0 Å². The molecule has 0 saturated heterocycles. The first-order valence-corrected chi connectivity index (χ1v) is 7.59. The zero-order chi connectivity index (χ0) is 9.68. The molecule has 1 aliphatic rings. The van der Waals surface area contributed by atoms with Gasteiger partial charge in [-0.2, -0.15) is 0 Å². The third-order valence-corrected chi connectivity index (χ3v) is 5.24. The summed E-state index contributed by atoms with van der Waals surface area (Å²) in [7, 11) is 0. The number of allylic oxidation sites excluding steroid dienone is 2. The molecule has 76 valence electrons. The van der Waals surface area contributed by atoms with Gasteiger partial charge in [0.2, 0.25) is 0 Å². The summed E-state index contributed by atoms with van der Waals surface area (Å²) in [6.45, 7) is 2.27. The van der Waals surface area contributed by atoms with E-state index < -0.39 is 0 Å². The fourth-order valence-electron chi connectivity index (χ4n) is 1.77. The average molecular weight is 404 g/mol. The van der Waals surface area contributed by atoms with Crippen molar-refractivity contribution in [1.82, 2.24) is 0 Å². The molecule has 0 bridgehead atoms. The van der Waals surface area contributed by atoms with Crippen LogP contribution in [0.1, 0.15) is 51.9 Å². The largest absolute Gasteiger partial charge is 0.0777 e. The van der Waals surface area contributed by atoms with Gasteiger partial charge >= 0.3 is 0 Å². The van der Waals surface area contributed by atoms with Crippen LogP contribution < -0.4 is 0 Å². The highest BCUT2D eigenvalue weighted by molar-refractivity contribution is 14.1. The number of alkyl halides is 1. The van der Waals surface area contributed by atoms with Crippen LogP contribution >= 0.6 is 45.2 Å². The Balaban J connectivity index is 2.53. The van der Waals surface area contributed by atoms with Gasteiger partial charge in [-0.25, -0.2) is 0 Å². The van der Waals surface area contributed by atoms with Crippen LogP contribution in [0.3, 0.4) is 0 Å². The first kappa shape index (κ1) is 12.3. The first-order chi connectivity index (χ1) is 6.25. The minimum Gasteiger partial charge on any atom is -0.0777 e. The van der Waals surface area contributed by atoms with E-state index in [9.17, 15) is 0 Å². The van der Waals surface area contributed by atoms with Crippen molar-refractivity contribution in [1.29, 1.82) is 0 Å². The second kappa shape index (κ2) is 6.64. The molecule has 1 aliphatic carbocycles. The predicted octanol–water partition coefficient (Wildman–Crippen LogP) is 5.24. The Hall–Kier alpha value is 1.20. The molecule has 0 heterocycles. The molecule has 1 rings (SSSR count). The van der Waals surface area contributed by atoms with E-state index in [1.807, 2.05) is 0 Å². The topological polar surface area (TPSA) is 0 Å². The summed E-state index contributed by atoms with van der Waals surface area (Å²) in [5, 5.41) is 0. The van der Waals surface area contributed by atoms with Gasteiger partial charge in [0.15, 0.2) is 0 Å². The lowest BCUT2D eigenvalue weighted by atomic mass is 9.94. The number of hydrogen-bond donors (Lipinski definition) is 0. The van der Waals surface area contributed by atoms with Gasteiger partial charge in [0, 0.05) is 3.92 Å². The van der Waals surface area contributed by atoms with Gasteiger partial charge in [0.25, 0.3) is 0 Å². The van der Waals surface area contributed by atoms with E-state index in [-0.39, 0.29) is 0 Å². The van der Waals surface area contributed by atoms with Crippen LogP contribution in [0.2, 0.25) is 0 Å². The third-order valence-electron chi connectivity index (χ3n) is 2.63. The zero-order valence-corrected chi connectivity index (χ0v) is 12.6. The van der Waals surface area contributed by atoms with Crippen molar-refractivity contribution in [2.75, 3.05) is 0 Å². The molecule has 13 heavy (non-hydrogen) atoms. The molecule has 1 fully saturated rings. The average Bonchev–Trinajstić information content (AvgIpc) is 2.15. The van der Waals surface area contributed by atoms with E-state index in [1.54, 1.807) is 9.15 Å². The Morgan fingerprint density at radius 3 is 2.85 bits per heavy atom. The Morgan fingerprint density at radius 2 is 2.23 bits per heavy atom. The van der Waals surface area contributed by atoms with Crippen molar-refractivity contribution in [2.45, 2.75) is 55.8 Å². The van der Waals surface area contributed by atoms with E-state index in [0.717, 1.165) is 3.92 Å². The molecule has 1 atom stereocenters. The van der Waals surface area contributed by atoms with Crippen molar-refractivity contribution in [3.8, 4) is 0 Å². The van der Waals surface area contributed by atoms with Gasteiger partial charge in [-0.3, -0.25) is 0 Å². The summed E-state index contributed by atoms with van der Waals surface area (Å²) in [5.74, 6) is 0. The molecule has 0 aromatic heterocycles. The highest BCUT2D eigenvalue weighted by Crippen LogP contribution is 2.35. The quantitative estimate of drug-likeness (QED) is 0.446. The van der Waals surface area contributed by atoms with Crippen molar-refractivity contribution >= 4 is 45.2 Å². The third kappa shape index (κ3) is 4.06. The van der Waals surface area contributed by atoms with Crippen LogP contribution in [0.25, 0.3) is 0 Å². The highest BCUT2D eigenvalue weighted by atomic mass is 127. The Bertz CT molecular complexity index is 185. The van der Waals surface area contributed by atoms with Gasteiger partial charge < -0.3 is 0 Å². The van der Waals surface area contributed by atoms with E-state index >= 15 is 0 Å². The highest BCUT2D eigenvalue weighted by Gasteiger charge is 2.17. The van der Waals surface area contributed by atoms with Crippen molar-refractivity contribution in [2.24, 2.45) is 0 Å². The summed E-state index contributed by atoms with van der Waals surface area (Å²) in [5.41, 5.74) is 1.76. The standard InChI is InChI=1S/C11H18I2/c1-2-3-7-10(12)9-6-4-5-8-11(9)13/h11H,2-8H2,1H3/b10-9-. The molecule has 0 amide bonds. The fourth-order valence-corrected chi connectivity index (χ4v) is 4.52. The van der Waals surface area contributed by atoms with Gasteiger partial charge in [-0.1, -0.05) is 42.4 Å². The van der Waals surface area contributed by atoms with Crippen LogP contribution in [0.5, 0.6) is 0 Å². The summed E-state index contributed by atoms with van der Waals surface area (Å²) in [4.78, 5) is 0. The zero-order valence-electron chi connectivity index (χ0n) is 8.28. The molecule has 0 aromatic carbocycles. The molecule has 1 unspecified atom stereocenters. The normalized spacial score (nSPS) is 27.5. The molecular formula is C11H18I2. The van der Waals surface area contributed by atoms with Gasteiger partial charge in [-0.05, 0) is 63.8 Å². The summed E-state index contributed by atoms with van der Waals surface area (Å²) in [6, 6.07) is 0. The predicted molar refractivity (Wildman–Crippen MR) is 76.8 cm³/mol. The Kier molecular flexibility index (Phi) is 6.27. The summed E-state index contributed by atoms with van der Waals surface area (Å²) < 4.78 is 2.51. The minimum absolute atomic E-state index is 0.843. The van der Waals surface area contributed by atoms with E-state index in [2.05, 4.69) is 52.1 Å². The maximum Gasteiger partial charge on any atom is 0.0328 e. The number of hydrogen-bond acceptors (Lipinski definition) is 0. The summed E-state index contributed by atoms with van der Waals surface area (Å²) in [6.07, 6.45) is 9.66. The molecular weight excluding hydrogens is 386 g/mol. The van der Waals surface area contributed by atoms with E-state index in [4.69, 9.17) is 0 Å². The fraction of sp³-hybridized carbons (Fsp3) is 0.818. The first-order valence-electron chi connectivity index (χ1n) is 5.27. The number of halogens is 2. The van der Waals surface area contributed by atoms with Crippen molar-refractivity contribution in [3.63, 3.8) is 0 Å². The molecule has 0 radical (unpaired) electrons. The van der Waals surface area contributed by atoms with Crippen LogP contribution in [0, 0.1) is 0 Å². The second-order valence-electron chi connectivity index (χ2n) is 3.75. The molecule has 0 aromatic rings. The van der Waals surface area contributed by atoms with Crippen molar-refractivity contribution in [3.05, 3.63) is 9.15 Å². The van der Waals surface area contributed by atoms with Crippen LogP contribution in [0.4, 0.5) is 0 Å². The number of unbranched alkanes of at least 4 members (excludes halogenated alkanes) is 1. The van der Waals surface area contributed by atoms with Crippen LogP contribution in [-0.2, 0) is 0 Å². The molecule has 0 aliphatic heterocycles. The van der Waals surface area contributed by atoms with Crippen LogP contribution in [0.15, 0.2) is 9.15 Å². The van der Waals surface area contributed by atoms with Crippen LogP contribution in [-0.4, -0.2) is 3.92 Å². The van der Waals surface area contributed by atoms with Gasteiger partial charge in [-0.15, -0.1) is 0 Å². The molecule has 0 nitrogen and oxygen atoms in total. The molecule has 0 spiro atoms. The summed E-state index contributed by atoms with van der Waals surface area (Å²) >= 11 is 5.20. The molecule has 0 N–H and O–H groups in total. The SMILES string of the molecule is CCCC/C(I)=C1\CCCCC1I. The lowest BCUT2D eigenvalue weighted by Crippen LogP contribution is -2.09. The smallest absolute Gasteiger partial charge is 0.0328 e. The Morgan fingerprint density at radius 1 is 1.46 bits per heavy atom.